The van der Waals surface area contributed by atoms with E-state index in [9.17, 15) is 13.2 Å². The van der Waals surface area contributed by atoms with Crippen molar-refractivity contribution in [3.05, 3.63) is 0 Å². The van der Waals surface area contributed by atoms with Gasteiger partial charge in [-0.25, -0.2) is 0 Å². The van der Waals surface area contributed by atoms with Gasteiger partial charge in [0.2, 0.25) is 5.91 Å². The van der Waals surface area contributed by atoms with Crippen molar-refractivity contribution in [2.45, 2.75) is 51.1 Å². The standard InChI is InChI=1S/C15H25NO6S/c1-15(2,3)14(17)16-4-5-20-8-21-12-9-6-10-11(7-9)23(18,19)22-13(10)12/h9-13H,4-8H2,1-3H3,(H,16,17). The lowest BCUT2D eigenvalue weighted by Gasteiger charge is -2.25. The molecule has 0 aromatic heterocycles. The lowest BCUT2D eigenvalue weighted by atomic mass is 9.94. The molecule has 2 bridgehead atoms. The average molecular weight is 347 g/mol. The molecule has 0 aromatic rings. The van der Waals surface area contributed by atoms with Crippen molar-refractivity contribution in [2.75, 3.05) is 19.9 Å². The van der Waals surface area contributed by atoms with Crippen molar-refractivity contribution < 1.29 is 26.9 Å². The average Bonchev–Trinajstić information content (AvgIpc) is 3.04. The minimum Gasteiger partial charge on any atom is -0.354 e. The maximum Gasteiger partial charge on any atom is 0.270 e. The van der Waals surface area contributed by atoms with Gasteiger partial charge in [0, 0.05) is 17.9 Å². The molecule has 7 nitrogen and oxygen atoms in total. The van der Waals surface area contributed by atoms with Crippen LogP contribution in [0.15, 0.2) is 0 Å². The topological polar surface area (TPSA) is 90.9 Å². The summed E-state index contributed by atoms with van der Waals surface area (Å²) in [6.45, 7) is 6.42. The summed E-state index contributed by atoms with van der Waals surface area (Å²) < 4.78 is 40.0. The second kappa shape index (κ2) is 5.98. The Hall–Kier alpha value is -0.700. The summed E-state index contributed by atoms with van der Waals surface area (Å²) in [6.07, 6.45) is 0.960. The molecule has 2 aliphatic carbocycles. The summed E-state index contributed by atoms with van der Waals surface area (Å²) in [7, 11) is -3.40. The van der Waals surface area contributed by atoms with Gasteiger partial charge in [0.15, 0.2) is 0 Å². The highest BCUT2D eigenvalue weighted by molar-refractivity contribution is 7.87. The summed E-state index contributed by atoms with van der Waals surface area (Å²) in [5.74, 6) is 0.309. The van der Waals surface area contributed by atoms with Crippen LogP contribution in [0.1, 0.15) is 33.6 Å². The number of hydrogen-bond acceptors (Lipinski definition) is 6. The minimum atomic E-state index is -3.40. The van der Waals surface area contributed by atoms with Crippen molar-refractivity contribution in [1.29, 1.82) is 0 Å². The molecule has 3 fully saturated rings. The lowest BCUT2D eigenvalue weighted by Crippen LogP contribution is -2.38. The monoisotopic (exact) mass is 347 g/mol. The van der Waals surface area contributed by atoms with Crippen LogP contribution in [0.3, 0.4) is 0 Å². The number of ether oxygens (including phenoxy) is 2. The van der Waals surface area contributed by atoms with E-state index in [-0.39, 0.29) is 42.0 Å². The first-order valence-electron chi connectivity index (χ1n) is 8.10. The van der Waals surface area contributed by atoms with Gasteiger partial charge in [0.05, 0.1) is 18.0 Å². The molecule has 0 spiro atoms. The highest BCUT2D eigenvalue weighted by Gasteiger charge is 2.64. The van der Waals surface area contributed by atoms with E-state index in [0.29, 0.717) is 19.6 Å². The third kappa shape index (κ3) is 3.26. The maximum atomic E-state index is 11.8. The molecular weight excluding hydrogens is 322 g/mol. The summed E-state index contributed by atoms with van der Waals surface area (Å²) >= 11 is 0. The van der Waals surface area contributed by atoms with Crippen molar-refractivity contribution in [3.63, 3.8) is 0 Å². The van der Waals surface area contributed by atoms with E-state index in [2.05, 4.69) is 5.32 Å². The second-order valence-corrected chi connectivity index (χ2v) is 9.43. The van der Waals surface area contributed by atoms with Gasteiger partial charge < -0.3 is 14.8 Å². The van der Waals surface area contributed by atoms with Crippen molar-refractivity contribution in [2.24, 2.45) is 17.3 Å². The predicted octanol–water partition coefficient (Wildman–Crippen LogP) is 0.645. The van der Waals surface area contributed by atoms with Crippen LogP contribution in [0.25, 0.3) is 0 Å². The third-order valence-corrected chi connectivity index (χ3v) is 6.74. The molecule has 1 amide bonds. The minimum absolute atomic E-state index is 0.0225. The number of hydrogen-bond donors (Lipinski definition) is 1. The summed E-state index contributed by atoms with van der Waals surface area (Å²) in [6, 6.07) is 0. The Balaban J connectivity index is 1.36. The quantitative estimate of drug-likeness (QED) is 0.431. The number of carbonyl (C=O) groups is 1. The molecule has 1 aliphatic heterocycles. The number of amides is 1. The molecule has 0 aromatic carbocycles. The van der Waals surface area contributed by atoms with Crippen LogP contribution in [0, 0.1) is 17.3 Å². The van der Waals surface area contributed by atoms with E-state index in [1.807, 2.05) is 20.8 Å². The smallest absolute Gasteiger partial charge is 0.270 e. The predicted molar refractivity (Wildman–Crippen MR) is 82.0 cm³/mol. The molecule has 5 atom stereocenters. The van der Waals surface area contributed by atoms with Crippen LogP contribution >= 0.6 is 0 Å². The zero-order valence-electron chi connectivity index (χ0n) is 13.8. The van der Waals surface area contributed by atoms with Gasteiger partial charge >= 0.3 is 0 Å². The Kier molecular flexibility index (Phi) is 4.46. The number of fused-ring (bicyclic) bond motifs is 1. The number of rotatable bonds is 6. The lowest BCUT2D eigenvalue weighted by molar-refractivity contribution is -0.133. The van der Waals surface area contributed by atoms with E-state index in [1.54, 1.807) is 0 Å². The highest BCUT2D eigenvalue weighted by atomic mass is 32.2. The first kappa shape index (κ1) is 17.1. The molecule has 1 heterocycles. The van der Waals surface area contributed by atoms with Crippen LogP contribution in [0.4, 0.5) is 0 Å². The van der Waals surface area contributed by atoms with Crippen LogP contribution in [-0.2, 0) is 28.6 Å². The third-order valence-electron chi connectivity index (χ3n) is 4.97. The van der Waals surface area contributed by atoms with E-state index in [4.69, 9.17) is 13.7 Å². The Morgan fingerprint density at radius 2 is 2.04 bits per heavy atom. The maximum absolute atomic E-state index is 11.8. The largest absolute Gasteiger partial charge is 0.354 e. The molecule has 1 saturated heterocycles. The van der Waals surface area contributed by atoms with Gasteiger partial charge in [0.1, 0.15) is 12.9 Å². The van der Waals surface area contributed by atoms with Gasteiger partial charge in [-0.1, -0.05) is 20.8 Å². The first-order valence-corrected chi connectivity index (χ1v) is 9.57. The SMILES string of the molecule is CC(C)(C)C(=O)NCCOCOC1C2CC3C1OS(=O)(=O)C3C2. The van der Waals surface area contributed by atoms with E-state index >= 15 is 0 Å². The Labute approximate surface area is 137 Å². The fourth-order valence-corrected chi connectivity index (χ4v) is 5.68. The van der Waals surface area contributed by atoms with Crippen molar-refractivity contribution >= 4 is 16.0 Å². The van der Waals surface area contributed by atoms with Gasteiger partial charge in [-0.05, 0) is 18.8 Å². The zero-order valence-corrected chi connectivity index (χ0v) is 14.6. The molecule has 5 unspecified atom stereocenters. The van der Waals surface area contributed by atoms with Gasteiger partial charge in [-0.2, -0.15) is 8.42 Å². The van der Waals surface area contributed by atoms with E-state index < -0.39 is 15.5 Å². The normalized spacial score (nSPS) is 37.3. The molecule has 2 saturated carbocycles. The Morgan fingerprint density at radius 1 is 1.30 bits per heavy atom. The van der Waals surface area contributed by atoms with Crippen molar-refractivity contribution in [3.8, 4) is 0 Å². The van der Waals surface area contributed by atoms with Crippen LogP contribution in [0.2, 0.25) is 0 Å². The molecule has 132 valence electrons. The molecule has 3 rings (SSSR count). The second-order valence-electron chi connectivity index (χ2n) is 7.65. The van der Waals surface area contributed by atoms with Crippen molar-refractivity contribution in [1.82, 2.24) is 5.32 Å². The summed E-state index contributed by atoms with van der Waals surface area (Å²) in [5.41, 5.74) is -0.415. The fourth-order valence-electron chi connectivity index (χ4n) is 3.80. The molecule has 1 N–H and O–H groups in total. The van der Waals surface area contributed by atoms with Crippen LogP contribution in [0.5, 0.6) is 0 Å². The van der Waals surface area contributed by atoms with E-state index in [0.717, 1.165) is 6.42 Å². The summed E-state index contributed by atoms with van der Waals surface area (Å²) in [5, 5.41) is 2.46. The Morgan fingerprint density at radius 3 is 2.74 bits per heavy atom. The zero-order chi connectivity index (χ0) is 16.8. The van der Waals surface area contributed by atoms with Gasteiger partial charge in [0.25, 0.3) is 10.1 Å². The fraction of sp³-hybridized carbons (Fsp3) is 0.933. The van der Waals surface area contributed by atoms with Gasteiger partial charge in [-0.3, -0.25) is 8.98 Å². The molecule has 3 aliphatic rings. The molecule has 0 radical (unpaired) electrons. The van der Waals surface area contributed by atoms with Crippen LogP contribution in [-0.4, -0.2) is 51.7 Å². The van der Waals surface area contributed by atoms with Crippen LogP contribution < -0.4 is 5.32 Å². The molecular formula is C15H25NO6S. The first-order chi connectivity index (χ1) is 10.7. The molecule has 8 heteroatoms. The molecule has 23 heavy (non-hydrogen) atoms. The van der Waals surface area contributed by atoms with Gasteiger partial charge in [-0.15, -0.1) is 0 Å². The number of nitrogens with one attached hydrogen (secondary N) is 1. The summed E-state index contributed by atoms with van der Waals surface area (Å²) in [4.78, 5) is 11.7. The van der Waals surface area contributed by atoms with E-state index in [1.165, 1.54) is 0 Å². The highest BCUT2D eigenvalue weighted by Crippen LogP contribution is 2.55. The number of carbonyl (C=O) groups excluding carboxylic acids is 1. The Bertz CT molecular complexity index is 569.